The van der Waals surface area contributed by atoms with Crippen molar-refractivity contribution >= 4 is 33.3 Å². The van der Waals surface area contributed by atoms with Gasteiger partial charge in [-0.3, -0.25) is 0 Å². The van der Waals surface area contributed by atoms with Gasteiger partial charge >= 0.3 is 250 Å². The van der Waals surface area contributed by atoms with E-state index in [4.69, 9.17) is 18.9 Å². The molecule has 2 aliphatic rings. The van der Waals surface area contributed by atoms with Crippen molar-refractivity contribution in [3.05, 3.63) is 42.5 Å². The second-order valence-corrected chi connectivity index (χ2v) is 26.7. The van der Waals surface area contributed by atoms with Crippen LogP contribution in [0.25, 0.3) is 20.9 Å². The number of hydrogen-bond donors (Lipinski definition) is 0. The Labute approximate surface area is 249 Å². The summed E-state index contributed by atoms with van der Waals surface area (Å²) in [5.74, 6) is 2.36. The molecule has 3 aromatic rings. The van der Waals surface area contributed by atoms with Crippen molar-refractivity contribution in [1.29, 1.82) is 0 Å². The van der Waals surface area contributed by atoms with Crippen LogP contribution < -0.4 is 22.5 Å². The molecule has 0 amide bonds. The molecule has 4 nitrogen and oxygen atoms in total. The molecule has 0 fully saturated rings. The van der Waals surface area contributed by atoms with Crippen molar-refractivity contribution in [3.8, 4) is 43.9 Å². The van der Waals surface area contributed by atoms with Crippen molar-refractivity contribution in [2.24, 2.45) is 0 Å². The number of rotatable bonds is 12. The Morgan fingerprint density at radius 1 is 0.600 bits per heavy atom. The van der Waals surface area contributed by atoms with Crippen LogP contribution in [0.4, 0.5) is 0 Å². The first kappa shape index (κ1) is 29.6. The van der Waals surface area contributed by atoms with Crippen LogP contribution in [-0.4, -0.2) is 30.0 Å². The van der Waals surface area contributed by atoms with Crippen LogP contribution in [0.5, 0.6) is 23.0 Å². The second kappa shape index (κ2) is 11.8. The summed E-state index contributed by atoms with van der Waals surface area (Å²) in [5.41, 5.74) is 2.42. The van der Waals surface area contributed by atoms with Gasteiger partial charge in [-0.1, -0.05) is 0 Å². The maximum absolute atomic E-state index is 6.60. The average Bonchev–Trinajstić information content (AvgIpc) is 3.60. The molecule has 2 aliphatic heterocycles. The zero-order valence-corrected chi connectivity index (χ0v) is 29.1. The van der Waals surface area contributed by atoms with Crippen LogP contribution in [0.3, 0.4) is 0 Å². The SMILES string of the molecule is CCC[CH2][Sn]([CH2]CCC)([CH2]CCC)[c]1cc(-c2ccc(-c3ccc4c(c3)OC(C)(C)O4)s2)cc2c1OC(C)(C)O2. The molecule has 0 saturated heterocycles. The Balaban J connectivity index is 1.57. The number of unbranched alkanes of at least 4 members (excludes halogenated alkanes) is 3. The third-order valence-corrected chi connectivity index (χ3v) is 24.9. The molecule has 40 heavy (non-hydrogen) atoms. The van der Waals surface area contributed by atoms with E-state index in [0.29, 0.717) is 0 Å². The van der Waals surface area contributed by atoms with E-state index in [9.17, 15) is 0 Å². The van der Waals surface area contributed by atoms with Crippen molar-refractivity contribution in [2.45, 2.75) is 112 Å². The molecule has 1 aromatic heterocycles. The topological polar surface area (TPSA) is 36.9 Å². The van der Waals surface area contributed by atoms with E-state index in [0.717, 1.165) is 28.6 Å². The van der Waals surface area contributed by atoms with Gasteiger partial charge in [0.05, 0.1) is 0 Å². The standard InChI is InChI=1S/C22H19O4S.3C4H9.Sn/c1-21(2)23-15-7-5-13(11-17(15)25-21)19-9-10-20(27-19)14-6-8-16-18(12-14)26-22(3,4)24-16;3*1-3-4-2;/h5-7,9-12H,1-4H3;3*1,3-4H2,2H3;. The Morgan fingerprint density at radius 2 is 1.12 bits per heavy atom. The maximum atomic E-state index is 6.60. The summed E-state index contributed by atoms with van der Waals surface area (Å²) < 4.78 is 30.7. The van der Waals surface area contributed by atoms with Gasteiger partial charge in [0.1, 0.15) is 0 Å². The summed E-state index contributed by atoms with van der Waals surface area (Å²) in [7, 11) is 0. The number of benzene rings is 2. The quantitative estimate of drug-likeness (QED) is 0.180. The van der Waals surface area contributed by atoms with Gasteiger partial charge in [-0.2, -0.15) is 0 Å². The molecule has 216 valence electrons. The van der Waals surface area contributed by atoms with Crippen molar-refractivity contribution in [1.82, 2.24) is 0 Å². The fourth-order valence-electron chi connectivity index (χ4n) is 6.20. The van der Waals surface area contributed by atoms with Crippen LogP contribution >= 0.6 is 11.3 Å². The minimum absolute atomic E-state index is 0.621. The molecule has 0 saturated carbocycles. The number of hydrogen-bond acceptors (Lipinski definition) is 5. The van der Waals surface area contributed by atoms with Crippen molar-refractivity contribution < 1.29 is 18.9 Å². The molecular weight excluding hydrogens is 623 g/mol. The van der Waals surface area contributed by atoms with Crippen LogP contribution in [-0.2, 0) is 0 Å². The molecule has 3 heterocycles. The van der Waals surface area contributed by atoms with Crippen LogP contribution in [0.1, 0.15) is 87.0 Å². The number of thiophene rings is 1. The normalized spacial score (nSPS) is 16.5. The first-order chi connectivity index (χ1) is 19.1. The van der Waals surface area contributed by atoms with Crippen molar-refractivity contribution in [2.75, 3.05) is 0 Å². The van der Waals surface area contributed by atoms with Crippen molar-refractivity contribution in [3.63, 3.8) is 0 Å². The molecule has 0 spiro atoms. The molecule has 6 heteroatoms. The van der Waals surface area contributed by atoms with Gasteiger partial charge in [0.25, 0.3) is 0 Å². The van der Waals surface area contributed by atoms with Gasteiger partial charge < -0.3 is 0 Å². The predicted octanol–water partition coefficient (Wildman–Crippen LogP) is 10.2. The second-order valence-electron chi connectivity index (χ2n) is 12.5. The van der Waals surface area contributed by atoms with E-state index in [1.54, 1.807) is 3.58 Å². The molecule has 0 N–H and O–H groups in total. The van der Waals surface area contributed by atoms with Crippen LogP contribution in [0, 0.1) is 0 Å². The summed E-state index contributed by atoms with van der Waals surface area (Å²) in [4.78, 5) is 2.50. The minimum atomic E-state index is -2.82. The fraction of sp³-hybridized carbons (Fsp3) is 0.529. The molecule has 2 aromatic carbocycles. The molecule has 0 unspecified atom stereocenters. The Morgan fingerprint density at radius 3 is 1.75 bits per heavy atom. The summed E-state index contributed by atoms with van der Waals surface area (Å²) >= 11 is -0.984. The Kier molecular flexibility index (Phi) is 8.73. The molecule has 0 bridgehead atoms. The number of ether oxygens (including phenoxy) is 4. The van der Waals surface area contributed by atoms with Gasteiger partial charge in [-0.25, -0.2) is 0 Å². The molecule has 0 aliphatic carbocycles. The monoisotopic (exact) mass is 670 g/mol. The van der Waals surface area contributed by atoms with E-state index in [-0.39, 0.29) is 0 Å². The number of fused-ring (bicyclic) bond motifs is 2. The van der Waals surface area contributed by atoms with E-state index >= 15 is 0 Å². The van der Waals surface area contributed by atoms with E-state index in [1.165, 1.54) is 67.2 Å². The molecule has 0 atom stereocenters. The first-order valence-electron chi connectivity index (χ1n) is 15.3. The predicted molar refractivity (Wildman–Crippen MR) is 170 cm³/mol. The Hall–Kier alpha value is -1.86. The summed E-state index contributed by atoms with van der Waals surface area (Å²) in [6.07, 6.45) is 7.71. The van der Waals surface area contributed by atoms with Gasteiger partial charge in [0, 0.05) is 0 Å². The van der Waals surface area contributed by atoms with Gasteiger partial charge in [-0.15, -0.1) is 0 Å². The van der Waals surface area contributed by atoms with Crippen LogP contribution in [0.2, 0.25) is 13.3 Å². The Bertz CT molecular complexity index is 1320. The average molecular weight is 670 g/mol. The molecular formula is C34H46O4SSn. The van der Waals surface area contributed by atoms with E-state index in [2.05, 4.69) is 57.2 Å². The van der Waals surface area contributed by atoms with Gasteiger partial charge in [0.2, 0.25) is 0 Å². The van der Waals surface area contributed by atoms with Gasteiger partial charge in [-0.05, 0) is 0 Å². The summed E-state index contributed by atoms with van der Waals surface area (Å²) in [6, 6.07) is 15.5. The third-order valence-electron chi connectivity index (χ3n) is 8.19. The summed E-state index contributed by atoms with van der Waals surface area (Å²) in [5, 5.41) is 0. The fourth-order valence-corrected chi connectivity index (χ4v) is 23.6. The van der Waals surface area contributed by atoms with E-state index < -0.39 is 30.0 Å². The van der Waals surface area contributed by atoms with E-state index in [1.807, 2.05) is 45.1 Å². The third kappa shape index (κ3) is 6.16. The molecule has 0 radical (unpaired) electrons. The zero-order chi connectivity index (χ0) is 28.5. The van der Waals surface area contributed by atoms with Gasteiger partial charge in [0.15, 0.2) is 0 Å². The first-order valence-corrected chi connectivity index (χ1v) is 23.6. The van der Waals surface area contributed by atoms with Crippen LogP contribution in [0.15, 0.2) is 42.5 Å². The zero-order valence-electron chi connectivity index (χ0n) is 25.4. The molecule has 5 rings (SSSR count). The summed E-state index contributed by atoms with van der Waals surface area (Å²) in [6.45, 7) is 15.0.